The predicted molar refractivity (Wildman–Crippen MR) is 91.5 cm³/mol. The molecule has 1 N–H and O–H groups in total. The molecule has 0 aliphatic rings. The molecule has 0 aliphatic carbocycles. The van der Waals surface area contributed by atoms with Crippen LogP contribution in [0, 0.1) is 0 Å². The maximum Gasteiger partial charge on any atom is 0.137 e. The maximum atomic E-state index is 6.13. The van der Waals surface area contributed by atoms with Crippen LogP contribution >= 0.6 is 11.6 Å². The molecule has 5 nitrogen and oxygen atoms in total. The van der Waals surface area contributed by atoms with Crippen molar-refractivity contribution in [2.24, 2.45) is 0 Å². The van der Waals surface area contributed by atoms with Gasteiger partial charge < -0.3 is 15.0 Å². The molecule has 0 saturated heterocycles. The van der Waals surface area contributed by atoms with Crippen LogP contribution in [0.3, 0.4) is 0 Å². The Labute approximate surface area is 136 Å². The third-order valence-electron chi connectivity index (χ3n) is 3.32. The topological polar surface area (TPSA) is 50.3 Å². The Morgan fingerprint density at radius 3 is 2.77 bits per heavy atom. The lowest BCUT2D eigenvalue weighted by atomic mass is 10.3. The average Bonchev–Trinajstić information content (AvgIpc) is 2.53. The summed E-state index contributed by atoms with van der Waals surface area (Å²) >= 11 is 6.13. The van der Waals surface area contributed by atoms with Crippen LogP contribution in [0.5, 0.6) is 5.75 Å². The summed E-state index contributed by atoms with van der Waals surface area (Å²) in [4.78, 5) is 10.7. The van der Waals surface area contributed by atoms with E-state index in [1.54, 1.807) is 13.4 Å². The Hall–Kier alpha value is -2.01. The predicted octanol–water partition coefficient (Wildman–Crippen LogP) is 4.12. The number of rotatable bonds is 7. The molecular formula is C16H21ClN4O. The second-order valence-electron chi connectivity index (χ2n) is 5.01. The molecule has 2 rings (SSSR count). The van der Waals surface area contributed by atoms with Gasteiger partial charge in [-0.05, 0) is 24.6 Å². The van der Waals surface area contributed by atoms with Gasteiger partial charge in [-0.25, -0.2) is 9.97 Å². The van der Waals surface area contributed by atoms with Gasteiger partial charge in [0.15, 0.2) is 0 Å². The molecule has 2 aromatic rings. The number of nitrogens with zero attached hydrogens (tertiary/aromatic N) is 3. The van der Waals surface area contributed by atoms with E-state index in [2.05, 4.69) is 27.1 Å². The van der Waals surface area contributed by atoms with Gasteiger partial charge >= 0.3 is 0 Å². The normalized spacial score (nSPS) is 10.4. The van der Waals surface area contributed by atoms with E-state index < -0.39 is 0 Å². The average molecular weight is 321 g/mol. The van der Waals surface area contributed by atoms with Crippen molar-refractivity contribution < 1.29 is 4.74 Å². The fourth-order valence-electron chi connectivity index (χ4n) is 2.03. The zero-order valence-electron chi connectivity index (χ0n) is 13.1. The molecule has 0 fully saturated rings. The highest BCUT2D eigenvalue weighted by Crippen LogP contribution is 2.28. The molecule has 22 heavy (non-hydrogen) atoms. The van der Waals surface area contributed by atoms with E-state index in [1.807, 2.05) is 31.3 Å². The first-order chi connectivity index (χ1) is 10.6. The van der Waals surface area contributed by atoms with Crippen molar-refractivity contribution in [2.45, 2.75) is 19.8 Å². The van der Waals surface area contributed by atoms with E-state index >= 15 is 0 Å². The number of hydrogen-bond acceptors (Lipinski definition) is 5. The Balaban J connectivity index is 2.11. The smallest absolute Gasteiger partial charge is 0.137 e. The molecule has 0 unspecified atom stereocenters. The van der Waals surface area contributed by atoms with Crippen LogP contribution in [0.2, 0.25) is 5.02 Å². The van der Waals surface area contributed by atoms with Crippen LogP contribution in [-0.4, -0.2) is 30.7 Å². The summed E-state index contributed by atoms with van der Waals surface area (Å²) in [5.74, 6) is 2.27. The fourth-order valence-corrected chi connectivity index (χ4v) is 2.28. The minimum absolute atomic E-state index is 0.557. The number of hydrogen-bond donors (Lipinski definition) is 1. The first-order valence-electron chi connectivity index (χ1n) is 7.27. The van der Waals surface area contributed by atoms with Gasteiger partial charge in [0.1, 0.15) is 23.7 Å². The first kappa shape index (κ1) is 16.4. The highest BCUT2D eigenvalue weighted by Gasteiger charge is 2.06. The van der Waals surface area contributed by atoms with E-state index in [0.717, 1.165) is 36.7 Å². The number of halogens is 1. The van der Waals surface area contributed by atoms with Crippen molar-refractivity contribution in [3.05, 3.63) is 35.6 Å². The first-order valence-corrected chi connectivity index (χ1v) is 7.65. The van der Waals surface area contributed by atoms with Crippen LogP contribution in [0.4, 0.5) is 17.3 Å². The van der Waals surface area contributed by atoms with Gasteiger partial charge in [-0.2, -0.15) is 0 Å². The highest BCUT2D eigenvalue weighted by atomic mass is 35.5. The van der Waals surface area contributed by atoms with E-state index in [-0.39, 0.29) is 0 Å². The van der Waals surface area contributed by atoms with Gasteiger partial charge in [0.05, 0.1) is 12.1 Å². The summed E-state index contributed by atoms with van der Waals surface area (Å²) in [6.45, 7) is 3.15. The number of aromatic nitrogens is 2. The summed E-state index contributed by atoms with van der Waals surface area (Å²) in [6, 6.07) is 7.45. The fraction of sp³-hybridized carbons (Fsp3) is 0.375. The van der Waals surface area contributed by atoms with Crippen LogP contribution < -0.4 is 15.0 Å². The Morgan fingerprint density at radius 2 is 2.09 bits per heavy atom. The van der Waals surface area contributed by atoms with Crippen LogP contribution in [0.1, 0.15) is 19.8 Å². The van der Waals surface area contributed by atoms with Crippen LogP contribution in [0.25, 0.3) is 0 Å². The third kappa shape index (κ3) is 4.24. The second kappa shape index (κ2) is 7.84. The van der Waals surface area contributed by atoms with Gasteiger partial charge in [-0.15, -0.1) is 0 Å². The molecular weight excluding hydrogens is 300 g/mol. The largest absolute Gasteiger partial charge is 0.495 e. The molecule has 0 atom stereocenters. The number of methoxy groups -OCH3 is 1. The molecule has 0 bridgehead atoms. The SMILES string of the molecule is CCCCN(C)c1cc(Nc2ccc(OC)c(Cl)c2)ncn1. The molecule has 0 saturated carbocycles. The van der Waals surface area contributed by atoms with Gasteiger partial charge in [0.2, 0.25) is 0 Å². The van der Waals surface area contributed by atoms with Gasteiger partial charge in [0, 0.05) is 25.3 Å². The number of ether oxygens (including phenoxy) is 1. The Kier molecular flexibility index (Phi) is 5.83. The third-order valence-corrected chi connectivity index (χ3v) is 3.61. The van der Waals surface area contributed by atoms with Crippen molar-refractivity contribution in [2.75, 3.05) is 30.9 Å². The van der Waals surface area contributed by atoms with Gasteiger partial charge in [-0.1, -0.05) is 24.9 Å². The molecule has 118 valence electrons. The molecule has 0 amide bonds. The summed E-state index contributed by atoms with van der Waals surface area (Å²) in [5.41, 5.74) is 0.853. The lowest BCUT2D eigenvalue weighted by Gasteiger charge is -2.18. The van der Waals surface area contributed by atoms with E-state index in [0.29, 0.717) is 10.8 Å². The Bertz CT molecular complexity index is 621. The molecule has 1 heterocycles. The zero-order chi connectivity index (χ0) is 15.9. The quantitative estimate of drug-likeness (QED) is 0.831. The highest BCUT2D eigenvalue weighted by molar-refractivity contribution is 6.32. The molecule has 0 spiro atoms. The van der Waals surface area contributed by atoms with E-state index in [1.165, 1.54) is 0 Å². The monoisotopic (exact) mass is 320 g/mol. The summed E-state index contributed by atoms with van der Waals surface area (Å²) in [7, 11) is 3.63. The lowest BCUT2D eigenvalue weighted by Crippen LogP contribution is -2.19. The van der Waals surface area contributed by atoms with Crippen molar-refractivity contribution in [3.63, 3.8) is 0 Å². The number of nitrogens with one attached hydrogen (secondary N) is 1. The Morgan fingerprint density at radius 1 is 1.27 bits per heavy atom. The second-order valence-corrected chi connectivity index (χ2v) is 5.42. The van der Waals surface area contributed by atoms with Crippen molar-refractivity contribution in [1.82, 2.24) is 9.97 Å². The van der Waals surface area contributed by atoms with E-state index in [4.69, 9.17) is 16.3 Å². The van der Waals surface area contributed by atoms with Crippen LogP contribution in [-0.2, 0) is 0 Å². The number of unbranched alkanes of at least 4 members (excludes halogenated alkanes) is 1. The standard InChI is InChI=1S/C16H21ClN4O/c1-4-5-8-21(2)16-10-15(18-11-19-16)20-12-6-7-14(22-3)13(17)9-12/h6-7,9-11H,4-5,8H2,1-3H3,(H,18,19,20). The van der Waals surface area contributed by atoms with E-state index in [9.17, 15) is 0 Å². The maximum absolute atomic E-state index is 6.13. The van der Waals surface area contributed by atoms with Gasteiger partial charge in [-0.3, -0.25) is 0 Å². The number of anilines is 3. The lowest BCUT2D eigenvalue weighted by molar-refractivity contribution is 0.415. The van der Waals surface area contributed by atoms with Gasteiger partial charge in [0.25, 0.3) is 0 Å². The molecule has 1 aromatic heterocycles. The molecule has 0 radical (unpaired) electrons. The summed E-state index contributed by atoms with van der Waals surface area (Å²) in [5, 5.41) is 3.79. The minimum atomic E-state index is 0.557. The van der Waals surface area contributed by atoms with Crippen molar-refractivity contribution in [3.8, 4) is 5.75 Å². The van der Waals surface area contributed by atoms with Crippen LogP contribution in [0.15, 0.2) is 30.6 Å². The van der Waals surface area contributed by atoms with Crippen molar-refractivity contribution in [1.29, 1.82) is 0 Å². The minimum Gasteiger partial charge on any atom is -0.495 e. The zero-order valence-corrected chi connectivity index (χ0v) is 13.9. The molecule has 0 aliphatic heterocycles. The molecule has 6 heteroatoms. The summed E-state index contributed by atoms with van der Waals surface area (Å²) < 4.78 is 5.15. The molecule has 1 aromatic carbocycles. The summed E-state index contributed by atoms with van der Waals surface area (Å²) in [6.07, 6.45) is 3.85. The number of benzene rings is 1. The van der Waals surface area contributed by atoms with Crippen molar-refractivity contribution >= 4 is 28.9 Å².